The fraction of sp³-hybridized carbons (Fsp3) is 0.357. The van der Waals surface area contributed by atoms with Crippen molar-refractivity contribution in [3.63, 3.8) is 0 Å². The number of hydrogen-bond donors (Lipinski definition) is 2. The van der Waals surface area contributed by atoms with Gasteiger partial charge in [-0.1, -0.05) is 18.2 Å². The van der Waals surface area contributed by atoms with Gasteiger partial charge in [0.05, 0.1) is 0 Å². The van der Waals surface area contributed by atoms with Crippen molar-refractivity contribution in [2.45, 2.75) is 5.25 Å². The molecule has 0 bridgehead atoms. The SMILES string of the molecule is CNS(=O)(=O)C(c1cccc2ccncc12)C1CNC1. The van der Waals surface area contributed by atoms with Crippen LogP contribution in [0, 0.1) is 5.92 Å². The molecule has 1 fully saturated rings. The zero-order valence-corrected chi connectivity index (χ0v) is 12.0. The minimum atomic E-state index is -3.38. The van der Waals surface area contributed by atoms with Crippen LogP contribution in [0.15, 0.2) is 36.7 Å². The minimum Gasteiger partial charge on any atom is -0.316 e. The molecule has 1 atom stereocenters. The van der Waals surface area contributed by atoms with E-state index < -0.39 is 15.3 Å². The van der Waals surface area contributed by atoms with Gasteiger partial charge in [-0.15, -0.1) is 0 Å². The Morgan fingerprint density at radius 2 is 2.15 bits per heavy atom. The lowest BCUT2D eigenvalue weighted by Gasteiger charge is -2.34. The van der Waals surface area contributed by atoms with Gasteiger partial charge in [0.1, 0.15) is 5.25 Å². The minimum absolute atomic E-state index is 0.0956. The number of hydrogen-bond acceptors (Lipinski definition) is 4. The van der Waals surface area contributed by atoms with Crippen LogP contribution in [0.25, 0.3) is 10.8 Å². The van der Waals surface area contributed by atoms with E-state index in [4.69, 9.17) is 0 Å². The molecule has 2 N–H and O–H groups in total. The summed E-state index contributed by atoms with van der Waals surface area (Å²) in [5.74, 6) is 0.0956. The van der Waals surface area contributed by atoms with Gasteiger partial charge in [-0.2, -0.15) is 0 Å². The Morgan fingerprint density at radius 1 is 1.35 bits per heavy atom. The van der Waals surface area contributed by atoms with E-state index >= 15 is 0 Å². The summed E-state index contributed by atoms with van der Waals surface area (Å²) in [6.07, 6.45) is 3.47. The van der Waals surface area contributed by atoms with Gasteiger partial charge in [-0.25, -0.2) is 13.1 Å². The number of rotatable bonds is 4. The molecular weight excluding hydrogens is 274 g/mol. The Morgan fingerprint density at radius 3 is 2.80 bits per heavy atom. The standard InChI is InChI=1S/C14H17N3O2S/c1-15-20(18,19)14(11-7-17-8-11)12-4-2-3-10-5-6-16-9-13(10)12/h2-6,9,11,14-15,17H,7-8H2,1H3. The van der Waals surface area contributed by atoms with Crippen LogP contribution >= 0.6 is 0 Å². The summed E-state index contributed by atoms with van der Waals surface area (Å²) >= 11 is 0. The molecule has 2 heterocycles. The molecule has 0 aliphatic carbocycles. The number of nitrogens with one attached hydrogen (secondary N) is 2. The van der Waals surface area contributed by atoms with Crippen LogP contribution in [0.4, 0.5) is 0 Å². The third kappa shape index (κ3) is 2.19. The largest absolute Gasteiger partial charge is 0.316 e. The highest BCUT2D eigenvalue weighted by Crippen LogP contribution is 2.35. The van der Waals surface area contributed by atoms with Gasteiger partial charge in [0.25, 0.3) is 0 Å². The maximum atomic E-state index is 12.4. The Labute approximate surface area is 118 Å². The van der Waals surface area contributed by atoms with E-state index in [1.54, 1.807) is 12.4 Å². The Kier molecular flexibility index (Phi) is 3.45. The van der Waals surface area contributed by atoms with Gasteiger partial charge in [-0.05, 0) is 24.1 Å². The molecule has 20 heavy (non-hydrogen) atoms. The number of benzene rings is 1. The molecule has 0 radical (unpaired) electrons. The van der Waals surface area contributed by atoms with Crippen molar-refractivity contribution in [1.82, 2.24) is 15.0 Å². The van der Waals surface area contributed by atoms with Crippen LogP contribution in [-0.2, 0) is 10.0 Å². The van der Waals surface area contributed by atoms with Crippen molar-refractivity contribution in [3.05, 3.63) is 42.2 Å². The maximum absolute atomic E-state index is 12.4. The summed E-state index contributed by atoms with van der Waals surface area (Å²) in [6.45, 7) is 1.45. The zero-order valence-electron chi connectivity index (χ0n) is 11.2. The second kappa shape index (κ2) is 5.12. The summed E-state index contributed by atoms with van der Waals surface area (Å²) < 4.78 is 27.3. The van der Waals surface area contributed by atoms with Gasteiger partial charge >= 0.3 is 0 Å². The fourth-order valence-corrected chi connectivity index (χ4v) is 4.20. The van der Waals surface area contributed by atoms with E-state index in [-0.39, 0.29) is 5.92 Å². The highest BCUT2D eigenvalue weighted by atomic mass is 32.2. The van der Waals surface area contributed by atoms with Gasteiger partial charge in [-0.3, -0.25) is 4.98 Å². The molecular formula is C14H17N3O2S. The zero-order chi connectivity index (χ0) is 14.2. The third-order valence-electron chi connectivity index (χ3n) is 3.88. The Balaban J connectivity index is 2.19. The van der Waals surface area contributed by atoms with E-state index in [0.717, 1.165) is 29.4 Å². The summed E-state index contributed by atoms with van der Waals surface area (Å²) in [6, 6.07) is 7.67. The maximum Gasteiger partial charge on any atom is 0.218 e. The summed E-state index contributed by atoms with van der Waals surface area (Å²) in [5, 5.41) is 4.53. The first-order chi connectivity index (χ1) is 9.63. The lowest BCUT2D eigenvalue weighted by atomic mass is 9.91. The summed E-state index contributed by atoms with van der Waals surface area (Å²) in [7, 11) is -1.91. The van der Waals surface area contributed by atoms with Crippen molar-refractivity contribution in [3.8, 4) is 0 Å². The molecule has 1 unspecified atom stereocenters. The molecule has 0 spiro atoms. The second-order valence-electron chi connectivity index (χ2n) is 5.03. The van der Waals surface area contributed by atoms with E-state index in [1.165, 1.54) is 7.05 Å². The van der Waals surface area contributed by atoms with Crippen molar-refractivity contribution in [2.24, 2.45) is 5.92 Å². The second-order valence-corrected chi connectivity index (χ2v) is 7.04. The number of pyridine rings is 1. The molecule has 1 aliphatic rings. The van der Waals surface area contributed by atoms with E-state index in [0.29, 0.717) is 0 Å². The fourth-order valence-electron chi connectivity index (χ4n) is 2.71. The number of nitrogens with zero attached hydrogens (tertiary/aromatic N) is 1. The average molecular weight is 291 g/mol. The van der Waals surface area contributed by atoms with Crippen molar-refractivity contribution < 1.29 is 8.42 Å². The number of aromatic nitrogens is 1. The van der Waals surface area contributed by atoms with Crippen molar-refractivity contribution in [1.29, 1.82) is 0 Å². The third-order valence-corrected chi connectivity index (χ3v) is 5.76. The summed E-state index contributed by atoms with van der Waals surface area (Å²) in [4.78, 5) is 4.14. The summed E-state index contributed by atoms with van der Waals surface area (Å²) in [5.41, 5.74) is 0.830. The van der Waals surface area contributed by atoms with Crippen molar-refractivity contribution >= 4 is 20.8 Å². The molecule has 1 saturated heterocycles. The monoisotopic (exact) mass is 291 g/mol. The predicted octanol–water partition coefficient (Wildman–Crippen LogP) is 1.04. The first-order valence-electron chi connectivity index (χ1n) is 6.59. The molecule has 1 aromatic carbocycles. The van der Waals surface area contributed by atoms with E-state index in [2.05, 4.69) is 15.0 Å². The number of sulfonamides is 1. The first-order valence-corrected chi connectivity index (χ1v) is 8.14. The average Bonchev–Trinajstić information content (AvgIpc) is 2.42. The molecule has 1 aliphatic heterocycles. The normalized spacial score (nSPS) is 17.9. The highest BCUT2D eigenvalue weighted by molar-refractivity contribution is 7.89. The molecule has 1 aromatic heterocycles. The molecule has 6 heteroatoms. The van der Waals surface area contributed by atoms with Crippen LogP contribution in [-0.4, -0.2) is 33.5 Å². The van der Waals surface area contributed by atoms with Gasteiger partial charge in [0.2, 0.25) is 10.0 Å². The molecule has 2 aromatic rings. The molecule has 0 amide bonds. The van der Waals surface area contributed by atoms with Gasteiger partial charge < -0.3 is 5.32 Å². The van der Waals surface area contributed by atoms with Gasteiger partial charge in [0.15, 0.2) is 0 Å². The predicted molar refractivity (Wildman–Crippen MR) is 78.8 cm³/mol. The quantitative estimate of drug-likeness (QED) is 0.883. The van der Waals surface area contributed by atoms with Crippen LogP contribution in [0.3, 0.4) is 0 Å². The lowest BCUT2D eigenvalue weighted by molar-refractivity contribution is 0.331. The molecule has 3 rings (SSSR count). The highest BCUT2D eigenvalue weighted by Gasteiger charge is 2.38. The van der Waals surface area contributed by atoms with Gasteiger partial charge in [0, 0.05) is 36.8 Å². The van der Waals surface area contributed by atoms with Crippen LogP contribution in [0.2, 0.25) is 0 Å². The lowest BCUT2D eigenvalue weighted by Crippen LogP contribution is -2.48. The molecule has 106 valence electrons. The van der Waals surface area contributed by atoms with Crippen molar-refractivity contribution in [2.75, 3.05) is 20.1 Å². The molecule has 5 nitrogen and oxygen atoms in total. The topological polar surface area (TPSA) is 71.1 Å². The Bertz CT molecular complexity index is 721. The van der Waals surface area contributed by atoms with Crippen LogP contribution in [0.1, 0.15) is 10.8 Å². The molecule has 0 saturated carbocycles. The van der Waals surface area contributed by atoms with E-state index in [9.17, 15) is 8.42 Å². The van der Waals surface area contributed by atoms with Crippen LogP contribution in [0.5, 0.6) is 0 Å². The van der Waals surface area contributed by atoms with E-state index in [1.807, 2.05) is 24.3 Å². The smallest absolute Gasteiger partial charge is 0.218 e. The Hall–Kier alpha value is -1.50. The first kappa shape index (κ1) is 13.5. The number of fused-ring (bicyclic) bond motifs is 1. The van der Waals surface area contributed by atoms with Crippen LogP contribution < -0.4 is 10.0 Å².